The number of nitrogens with zero attached hydrogens (tertiary/aromatic N) is 2. The SMILES string of the molecule is Cc1cccc2c1S(=O)(=O)N(CC(=O)N[C@H](C)C1CNC(C#N)NC1C)C(=O)N2. The maximum atomic E-state index is 12.9. The van der Waals surface area contributed by atoms with Crippen molar-refractivity contribution < 1.29 is 18.0 Å². The molecule has 1 aromatic rings. The highest BCUT2D eigenvalue weighted by atomic mass is 32.2. The summed E-state index contributed by atoms with van der Waals surface area (Å²) in [6.45, 7) is 5.26. The Morgan fingerprint density at radius 1 is 1.45 bits per heavy atom. The van der Waals surface area contributed by atoms with Gasteiger partial charge in [-0.05, 0) is 32.4 Å². The highest BCUT2D eigenvalue weighted by Gasteiger charge is 2.39. The number of rotatable bonds is 4. The third-order valence-corrected chi connectivity index (χ3v) is 7.24. The summed E-state index contributed by atoms with van der Waals surface area (Å²) in [4.78, 5) is 24.9. The fourth-order valence-electron chi connectivity index (χ4n) is 3.75. The van der Waals surface area contributed by atoms with Crippen LogP contribution in [0.2, 0.25) is 0 Å². The zero-order chi connectivity index (χ0) is 21.3. The van der Waals surface area contributed by atoms with Gasteiger partial charge in [-0.2, -0.15) is 5.26 Å². The molecule has 29 heavy (non-hydrogen) atoms. The lowest BCUT2D eigenvalue weighted by molar-refractivity contribution is -0.122. The van der Waals surface area contributed by atoms with Crippen LogP contribution in [0.25, 0.3) is 0 Å². The number of carbonyl (C=O) groups excluding carboxylic acids is 2. The highest BCUT2D eigenvalue weighted by Crippen LogP contribution is 2.32. The molecule has 0 spiro atoms. The Labute approximate surface area is 169 Å². The summed E-state index contributed by atoms with van der Waals surface area (Å²) < 4.78 is 26.4. The standard InChI is InChI=1S/C18H24N6O4S/c1-10-5-4-6-14-17(10)29(27,28)24(18(26)23-14)9-16(25)22-12(3)13-8-20-15(7-19)21-11(13)2/h4-6,11-13,15,20-21H,8-9H2,1-3H3,(H,22,25)(H,23,26)/t11?,12-,13?,15?/m1/s1. The molecular formula is C18H24N6O4S. The van der Waals surface area contributed by atoms with E-state index in [2.05, 4.69) is 27.3 Å². The molecule has 0 radical (unpaired) electrons. The molecule has 0 aromatic heterocycles. The van der Waals surface area contributed by atoms with Gasteiger partial charge in [0, 0.05) is 24.5 Å². The minimum absolute atomic E-state index is 0.00250. The average molecular weight is 420 g/mol. The Morgan fingerprint density at radius 3 is 2.83 bits per heavy atom. The molecule has 0 saturated carbocycles. The molecule has 1 saturated heterocycles. The first-order valence-electron chi connectivity index (χ1n) is 9.27. The Kier molecular flexibility index (Phi) is 5.79. The topological polar surface area (TPSA) is 143 Å². The van der Waals surface area contributed by atoms with Crippen molar-refractivity contribution in [3.8, 4) is 6.07 Å². The van der Waals surface area contributed by atoms with E-state index < -0.39 is 34.7 Å². The molecule has 1 fully saturated rings. The molecule has 156 valence electrons. The van der Waals surface area contributed by atoms with Gasteiger partial charge < -0.3 is 10.6 Å². The number of benzene rings is 1. The summed E-state index contributed by atoms with van der Waals surface area (Å²) in [6, 6.07) is 5.68. The summed E-state index contributed by atoms with van der Waals surface area (Å²) in [5, 5.41) is 20.4. The predicted octanol–water partition coefficient (Wildman–Crippen LogP) is 0.0831. The van der Waals surface area contributed by atoms with Crippen LogP contribution in [-0.4, -0.2) is 56.0 Å². The van der Waals surface area contributed by atoms with Gasteiger partial charge in [-0.1, -0.05) is 12.1 Å². The van der Waals surface area contributed by atoms with Crippen molar-refractivity contribution in [3.63, 3.8) is 0 Å². The largest absolute Gasteiger partial charge is 0.352 e. The van der Waals surface area contributed by atoms with Crippen LogP contribution in [-0.2, 0) is 14.8 Å². The first-order chi connectivity index (χ1) is 13.6. The number of hydrogen-bond acceptors (Lipinski definition) is 7. The van der Waals surface area contributed by atoms with Crippen LogP contribution in [0.4, 0.5) is 10.5 Å². The van der Waals surface area contributed by atoms with Crippen LogP contribution in [0, 0.1) is 24.2 Å². The summed E-state index contributed by atoms with van der Waals surface area (Å²) in [5.41, 5.74) is 0.696. The molecule has 3 rings (SSSR count). The van der Waals surface area contributed by atoms with E-state index in [4.69, 9.17) is 5.26 Å². The lowest BCUT2D eigenvalue weighted by Crippen LogP contribution is -2.61. The van der Waals surface area contributed by atoms with Gasteiger partial charge in [0.25, 0.3) is 10.0 Å². The minimum atomic E-state index is -4.14. The maximum absolute atomic E-state index is 12.9. The Hall–Kier alpha value is -2.68. The number of anilines is 1. The van der Waals surface area contributed by atoms with Crippen molar-refractivity contribution in [2.24, 2.45) is 5.92 Å². The van der Waals surface area contributed by atoms with E-state index in [1.165, 1.54) is 6.07 Å². The second kappa shape index (κ2) is 7.98. The van der Waals surface area contributed by atoms with Gasteiger partial charge in [0.1, 0.15) is 17.6 Å². The van der Waals surface area contributed by atoms with E-state index in [0.717, 1.165) is 0 Å². The lowest BCUT2D eigenvalue weighted by atomic mass is 9.91. The third kappa shape index (κ3) is 4.05. The number of amides is 3. The number of sulfonamides is 1. The van der Waals surface area contributed by atoms with Crippen LogP contribution in [0.5, 0.6) is 0 Å². The Morgan fingerprint density at radius 2 is 2.17 bits per heavy atom. The van der Waals surface area contributed by atoms with Crippen LogP contribution in [0.1, 0.15) is 19.4 Å². The molecule has 2 aliphatic rings. The highest BCUT2D eigenvalue weighted by molar-refractivity contribution is 7.90. The summed E-state index contributed by atoms with van der Waals surface area (Å²) in [6.07, 6.45) is -0.449. The Balaban J connectivity index is 1.70. The van der Waals surface area contributed by atoms with Crippen LogP contribution >= 0.6 is 0 Å². The molecular weight excluding hydrogens is 396 g/mol. The summed E-state index contributed by atoms with van der Waals surface area (Å²) in [7, 11) is -4.14. The van der Waals surface area contributed by atoms with Crippen molar-refractivity contribution in [1.29, 1.82) is 5.26 Å². The van der Waals surface area contributed by atoms with Gasteiger partial charge in [0.05, 0.1) is 11.8 Å². The minimum Gasteiger partial charge on any atom is -0.352 e. The average Bonchev–Trinajstić information content (AvgIpc) is 2.64. The number of fused-ring (bicyclic) bond motifs is 1. The molecule has 0 aliphatic carbocycles. The van der Waals surface area contributed by atoms with Gasteiger partial charge in [0.2, 0.25) is 5.91 Å². The zero-order valence-electron chi connectivity index (χ0n) is 16.4. The number of aryl methyl sites for hydroxylation is 1. The smallest absolute Gasteiger partial charge is 0.336 e. The summed E-state index contributed by atoms with van der Waals surface area (Å²) in [5.74, 6) is -0.596. The van der Waals surface area contributed by atoms with Crippen molar-refractivity contribution >= 4 is 27.6 Å². The van der Waals surface area contributed by atoms with Gasteiger partial charge >= 0.3 is 6.03 Å². The van der Waals surface area contributed by atoms with E-state index in [1.807, 2.05) is 6.92 Å². The molecule has 4 atom stereocenters. The van der Waals surface area contributed by atoms with E-state index in [0.29, 0.717) is 16.4 Å². The van der Waals surface area contributed by atoms with E-state index in [9.17, 15) is 18.0 Å². The van der Waals surface area contributed by atoms with Crippen molar-refractivity contribution in [1.82, 2.24) is 20.3 Å². The molecule has 10 nitrogen and oxygen atoms in total. The van der Waals surface area contributed by atoms with E-state index in [-0.39, 0.29) is 28.6 Å². The second-order valence-electron chi connectivity index (χ2n) is 7.34. The Bertz CT molecular complexity index is 973. The molecule has 4 N–H and O–H groups in total. The molecule has 0 bridgehead atoms. The molecule has 3 unspecified atom stereocenters. The zero-order valence-corrected chi connectivity index (χ0v) is 17.2. The molecule has 3 amide bonds. The predicted molar refractivity (Wildman–Crippen MR) is 105 cm³/mol. The fourth-order valence-corrected chi connectivity index (χ4v) is 5.40. The third-order valence-electron chi connectivity index (χ3n) is 5.30. The normalized spacial score (nSPS) is 26.6. The van der Waals surface area contributed by atoms with Crippen LogP contribution < -0.4 is 21.3 Å². The number of urea groups is 1. The molecule has 2 heterocycles. The fraction of sp³-hybridized carbons (Fsp3) is 0.500. The first-order valence-corrected chi connectivity index (χ1v) is 10.7. The van der Waals surface area contributed by atoms with Crippen molar-refractivity contribution in [3.05, 3.63) is 23.8 Å². The molecule has 11 heteroatoms. The summed E-state index contributed by atoms with van der Waals surface area (Å²) >= 11 is 0. The van der Waals surface area contributed by atoms with Gasteiger partial charge in [-0.15, -0.1) is 0 Å². The van der Waals surface area contributed by atoms with Crippen molar-refractivity contribution in [2.75, 3.05) is 18.4 Å². The van der Waals surface area contributed by atoms with E-state index in [1.54, 1.807) is 26.0 Å². The van der Waals surface area contributed by atoms with Gasteiger partial charge in [0.15, 0.2) is 0 Å². The molecule has 1 aromatic carbocycles. The monoisotopic (exact) mass is 420 g/mol. The van der Waals surface area contributed by atoms with Gasteiger partial charge in [-0.3, -0.25) is 15.4 Å². The quantitative estimate of drug-likeness (QED) is 0.540. The van der Waals surface area contributed by atoms with Crippen molar-refractivity contribution in [2.45, 2.75) is 43.9 Å². The maximum Gasteiger partial charge on any atom is 0.336 e. The number of nitrogens with one attached hydrogen (secondary N) is 4. The number of carbonyl (C=O) groups is 2. The molecule has 2 aliphatic heterocycles. The first kappa shape index (κ1) is 21.0. The number of hydrogen-bond donors (Lipinski definition) is 4. The number of nitriles is 1. The second-order valence-corrected chi connectivity index (χ2v) is 9.14. The van der Waals surface area contributed by atoms with Crippen LogP contribution in [0.3, 0.4) is 0 Å². The van der Waals surface area contributed by atoms with Crippen LogP contribution in [0.15, 0.2) is 23.1 Å². The van der Waals surface area contributed by atoms with Gasteiger partial charge in [-0.25, -0.2) is 17.5 Å². The lowest BCUT2D eigenvalue weighted by Gasteiger charge is -2.37. The van der Waals surface area contributed by atoms with E-state index >= 15 is 0 Å².